The summed E-state index contributed by atoms with van der Waals surface area (Å²) in [4.78, 5) is 21.1. The summed E-state index contributed by atoms with van der Waals surface area (Å²) in [5.41, 5.74) is 0. The Morgan fingerprint density at radius 2 is 1.73 bits per heavy atom. The molecule has 8 heteroatoms. The second kappa shape index (κ2) is 7.80. The number of nitrogens with zero attached hydrogens (tertiary/aromatic N) is 7. The summed E-state index contributed by atoms with van der Waals surface area (Å²) in [5.74, 6) is 1.85. The fourth-order valence-electron chi connectivity index (χ4n) is 3.87. The lowest BCUT2D eigenvalue weighted by atomic mass is 9.96. The van der Waals surface area contributed by atoms with Gasteiger partial charge in [-0.3, -0.25) is 4.79 Å². The van der Waals surface area contributed by atoms with E-state index >= 15 is 0 Å². The van der Waals surface area contributed by atoms with Crippen LogP contribution >= 0.6 is 0 Å². The van der Waals surface area contributed by atoms with Gasteiger partial charge in [0.05, 0.1) is 5.92 Å². The first kappa shape index (κ1) is 16.9. The van der Waals surface area contributed by atoms with E-state index in [-0.39, 0.29) is 5.92 Å². The van der Waals surface area contributed by atoms with Crippen LogP contribution in [0.1, 0.15) is 38.5 Å². The largest absolute Gasteiger partial charge is 0.354 e. The molecule has 2 aliphatic heterocycles. The molecule has 1 atom stereocenters. The zero-order valence-electron chi connectivity index (χ0n) is 15.0. The predicted octanol–water partition coefficient (Wildman–Crippen LogP) is 1.68. The van der Waals surface area contributed by atoms with Crippen LogP contribution in [0, 0.1) is 5.92 Å². The van der Waals surface area contributed by atoms with E-state index in [9.17, 15) is 4.79 Å². The average molecular weight is 355 g/mol. The fourth-order valence-corrected chi connectivity index (χ4v) is 3.87. The van der Waals surface area contributed by atoms with Crippen molar-refractivity contribution in [1.82, 2.24) is 29.9 Å². The third kappa shape index (κ3) is 3.68. The molecular weight excluding hydrogens is 330 g/mol. The molecule has 8 nitrogen and oxygen atoms in total. The normalized spacial score (nSPS) is 21.5. The van der Waals surface area contributed by atoms with Crippen molar-refractivity contribution >= 4 is 11.7 Å². The highest BCUT2D eigenvalue weighted by atomic mass is 16.2. The van der Waals surface area contributed by atoms with Gasteiger partial charge >= 0.3 is 0 Å². The third-order valence-electron chi connectivity index (χ3n) is 5.30. The van der Waals surface area contributed by atoms with Crippen molar-refractivity contribution in [3.05, 3.63) is 24.8 Å². The van der Waals surface area contributed by atoms with E-state index in [1.54, 1.807) is 11.0 Å². The summed E-state index contributed by atoms with van der Waals surface area (Å²) >= 11 is 0. The van der Waals surface area contributed by atoms with Crippen molar-refractivity contribution in [3.8, 4) is 5.82 Å². The van der Waals surface area contributed by atoms with Crippen molar-refractivity contribution in [2.24, 2.45) is 5.92 Å². The van der Waals surface area contributed by atoms with E-state index in [0.717, 1.165) is 57.7 Å². The van der Waals surface area contributed by atoms with Crippen LogP contribution in [0.25, 0.3) is 5.82 Å². The summed E-state index contributed by atoms with van der Waals surface area (Å²) in [6.07, 6.45) is 9.81. The maximum Gasteiger partial charge on any atom is 0.227 e. The number of anilines is 1. The monoisotopic (exact) mass is 355 g/mol. The molecule has 4 rings (SSSR count). The third-order valence-corrected chi connectivity index (χ3v) is 5.30. The Morgan fingerprint density at radius 3 is 2.42 bits per heavy atom. The number of hydrogen-bond donors (Lipinski definition) is 0. The van der Waals surface area contributed by atoms with Crippen LogP contribution in [0.15, 0.2) is 24.8 Å². The molecule has 0 N–H and O–H groups in total. The highest BCUT2D eigenvalue weighted by Crippen LogP contribution is 2.24. The molecule has 0 aliphatic carbocycles. The van der Waals surface area contributed by atoms with Gasteiger partial charge in [-0.05, 0) is 37.8 Å². The van der Waals surface area contributed by atoms with Gasteiger partial charge in [-0.1, -0.05) is 12.8 Å². The lowest BCUT2D eigenvalue weighted by Gasteiger charge is -2.35. The second-order valence-electron chi connectivity index (χ2n) is 7.11. The smallest absolute Gasteiger partial charge is 0.227 e. The molecule has 138 valence electrons. The van der Waals surface area contributed by atoms with E-state index in [1.165, 1.54) is 19.2 Å². The van der Waals surface area contributed by atoms with Gasteiger partial charge in [0.1, 0.15) is 12.7 Å². The molecular formula is C18H25N7O. The van der Waals surface area contributed by atoms with Crippen LogP contribution in [0.4, 0.5) is 5.82 Å². The topological polar surface area (TPSA) is 80.0 Å². The number of rotatable bonds is 3. The fraction of sp³-hybridized carbons (Fsp3) is 0.611. The van der Waals surface area contributed by atoms with Crippen molar-refractivity contribution < 1.29 is 4.79 Å². The van der Waals surface area contributed by atoms with Crippen LogP contribution in [0.3, 0.4) is 0 Å². The van der Waals surface area contributed by atoms with Gasteiger partial charge < -0.3 is 9.80 Å². The van der Waals surface area contributed by atoms with Gasteiger partial charge in [-0.2, -0.15) is 5.10 Å². The molecule has 0 saturated carbocycles. The van der Waals surface area contributed by atoms with E-state index in [0.29, 0.717) is 11.7 Å². The molecule has 4 heterocycles. The van der Waals surface area contributed by atoms with Crippen LogP contribution in [-0.4, -0.2) is 61.9 Å². The van der Waals surface area contributed by atoms with Crippen LogP contribution in [0.2, 0.25) is 0 Å². The number of hydrogen-bond acceptors (Lipinski definition) is 6. The summed E-state index contributed by atoms with van der Waals surface area (Å²) < 4.78 is 1.58. The molecule has 1 unspecified atom stereocenters. The van der Waals surface area contributed by atoms with Gasteiger partial charge in [0.25, 0.3) is 0 Å². The lowest BCUT2D eigenvalue weighted by molar-refractivity contribution is -0.135. The van der Waals surface area contributed by atoms with E-state index in [2.05, 4.69) is 30.1 Å². The molecule has 2 fully saturated rings. The average Bonchev–Trinajstić information content (AvgIpc) is 3.10. The Bertz CT molecular complexity index is 708. The number of aromatic nitrogens is 5. The van der Waals surface area contributed by atoms with E-state index in [1.807, 2.05) is 12.1 Å². The molecule has 0 radical (unpaired) electrons. The minimum Gasteiger partial charge on any atom is -0.354 e. The van der Waals surface area contributed by atoms with Gasteiger partial charge in [0.15, 0.2) is 11.6 Å². The Balaban J connectivity index is 1.42. The van der Waals surface area contributed by atoms with Gasteiger partial charge in [0, 0.05) is 26.2 Å². The lowest BCUT2D eigenvalue weighted by Crippen LogP contribution is -2.45. The maximum absolute atomic E-state index is 12.9. The van der Waals surface area contributed by atoms with Crippen molar-refractivity contribution in [1.29, 1.82) is 0 Å². The molecule has 2 saturated heterocycles. The molecule has 26 heavy (non-hydrogen) atoms. The summed E-state index contributed by atoms with van der Waals surface area (Å²) in [7, 11) is 0. The number of amides is 1. The minimum atomic E-state index is 0.0682. The van der Waals surface area contributed by atoms with Crippen LogP contribution in [0.5, 0.6) is 0 Å². The van der Waals surface area contributed by atoms with Crippen molar-refractivity contribution in [2.45, 2.75) is 38.5 Å². The molecule has 0 bridgehead atoms. The van der Waals surface area contributed by atoms with Crippen LogP contribution < -0.4 is 4.90 Å². The Labute approximate surface area is 153 Å². The first-order valence-corrected chi connectivity index (χ1v) is 9.54. The Hall–Kier alpha value is -2.51. The first-order valence-electron chi connectivity index (χ1n) is 9.54. The van der Waals surface area contributed by atoms with E-state index in [4.69, 9.17) is 0 Å². The van der Waals surface area contributed by atoms with Crippen LogP contribution in [-0.2, 0) is 4.79 Å². The SMILES string of the molecule is O=C(C1CCCN(c2ccc(-n3cncn3)nn2)C1)N1CCCCCC1. The Kier molecular flexibility index (Phi) is 5.08. The quantitative estimate of drug-likeness (QED) is 0.833. The molecule has 0 spiro atoms. The summed E-state index contributed by atoms with van der Waals surface area (Å²) in [5, 5.41) is 12.6. The van der Waals surface area contributed by atoms with Gasteiger partial charge in [-0.25, -0.2) is 9.67 Å². The first-order chi connectivity index (χ1) is 12.8. The van der Waals surface area contributed by atoms with Crippen molar-refractivity contribution in [2.75, 3.05) is 31.1 Å². The molecule has 2 aliphatic rings. The highest BCUT2D eigenvalue weighted by Gasteiger charge is 2.30. The maximum atomic E-state index is 12.9. The summed E-state index contributed by atoms with van der Waals surface area (Å²) in [6, 6.07) is 3.83. The number of carbonyl (C=O) groups is 1. The second-order valence-corrected chi connectivity index (χ2v) is 7.11. The molecule has 1 amide bonds. The predicted molar refractivity (Wildman–Crippen MR) is 96.9 cm³/mol. The Morgan fingerprint density at radius 1 is 0.962 bits per heavy atom. The van der Waals surface area contributed by atoms with E-state index < -0.39 is 0 Å². The minimum absolute atomic E-state index is 0.0682. The zero-order chi connectivity index (χ0) is 17.8. The van der Waals surface area contributed by atoms with Gasteiger partial charge in [-0.15, -0.1) is 10.2 Å². The number of carbonyl (C=O) groups excluding carboxylic acids is 1. The number of piperidine rings is 1. The standard InChI is InChI=1S/C18H25N7O/c26-18(23-9-3-1-2-4-10-23)15-6-5-11-24(12-15)16-7-8-17(22-21-16)25-14-19-13-20-25/h7-8,13-15H,1-6,9-12H2. The zero-order valence-corrected chi connectivity index (χ0v) is 15.0. The molecule has 0 aromatic carbocycles. The number of likely N-dealkylation sites (tertiary alicyclic amines) is 1. The summed E-state index contributed by atoms with van der Waals surface area (Å²) in [6.45, 7) is 3.48. The highest BCUT2D eigenvalue weighted by molar-refractivity contribution is 5.79. The van der Waals surface area contributed by atoms with Gasteiger partial charge in [0.2, 0.25) is 5.91 Å². The molecule has 2 aromatic heterocycles. The molecule has 2 aromatic rings. The van der Waals surface area contributed by atoms with Crippen molar-refractivity contribution in [3.63, 3.8) is 0 Å².